The lowest BCUT2D eigenvalue weighted by Gasteiger charge is -2.33. The Bertz CT molecular complexity index is 699. The van der Waals surface area contributed by atoms with Gasteiger partial charge in [0.05, 0.1) is 26.2 Å². The van der Waals surface area contributed by atoms with Gasteiger partial charge in [-0.2, -0.15) is 0 Å². The molecule has 0 bridgehead atoms. The van der Waals surface area contributed by atoms with Crippen LogP contribution in [0.15, 0.2) is 24.3 Å². The van der Waals surface area contributed by atoms with Crippen LogP contribution in [0.25, 0.3) is 0 Å². The second-order valence-electron chi connectivity index (χ2n) is 5.80. The third-order valence-electron chi connectivity index (χ3n) is 4.07. The molecule has 3 rings (SSSR count). The molecule has 0 saturated carbocycles. The van der Waals surface area contributed by atoms with Crippen molar-refractivity contribution in [2.45, 2.75) is 13.3 Å². The molecule has 2 heterocycles. The summed E-state index contributed by atoms with van der Waals surface area (Å²) in [6.45, 7) is 6.18. The summed E-state index contributed by atoms with van der Waals surface area (Å²) < 4.78 is 0. The number of rotatable bonds is 5. The van der Waals surface area contributed by atoms with E-state index >= 15 is 0 Å². The Morgan fingerprint density at radius 3 is 2.83 bits per heavy atom. The molecular weight excluding hydrogens is 346 g/mol. The second-order valence-corrected chi connectivity index (χ2v) is 7.29. The Kier molecular flexibility index (Phi) is 5.65. The molecule has 6 nitrogen and oxygen atoms in total. The number of halogens is 1. The van der Waals surface area contributed by atoms with Crippen molar-refractivity contribution in [2.75, 3.05) is 42.9 Å². The maximum Gasteiger partial charge on any atom is 0.281 e. The molecule has 0 radical (unpaired) electrons. The summed E-state index contributed by atoms with van der Waals surface area (Å²) in [5.74, 6) is 0.00000798. The fourth-order valence-electron chi connectivity index (χ4n) is 2.77. The van der Waals surface area contributed by atoms with Gasteiger partial charge < -0.3 is 9.80 Å². The van der Waals surface area contributed by atoms with Crippen LogP contribution in [0, 0.1) is 0 Å². The lowest BCUT2D eigenvalue weighted by Crippen LogP contribution is -3.15. The number of hydrogen-bond acceptors (Lipinski definition) is 5. The number of carbonyl (C=O) groups excluding carboxylic acids is 1. The Balaban J connectivity index is 1.47. The van der Waals surface area contributed by atoms with Gasteiger partial charge in [-0.05, 0) is 24.6 Å². The highest BCUT2D eigenvalue weighted by molar-refractivity contribution is 7.15. The van der Waals surface area contributed by atoms with Crippen LogP contribution in [-0.2, 0) is 11.2 Å². The third kappa shape index (κ3) is 4.43. The van der Waals surface area contributed by atoms with E-state index in [1.807, 2.05) is 25.1 Å². The second kappa shape index (κ2) is 7.92. The predicted octanol–water partition coefficient (Wildman–Crippen LogP) is 1.10. The molecular formula is C16H21ClN5OS+. The Labute approximate surface area is 150 Å². The van der Waals surface area contributed by atoms with Crippen molar-refractivity contribution in [3.63, 3.8) is 0 Å². The van der Waals surface area contributed by atoms with Crippen LogP contribution in [0.1, 0.15) is 11.9 Å². The van der Waals surface area contributed by atoms with Gasteiger partial charge in [0, 0.05) is 10.7 Å². The van der Waals surface area contributed by atoms with E-state index in [1.54, 1.807) is 0 Å². The van der Waals surface area contributed by atoms with Crippen LogP contribution < -0.4 is 15.1 Å². The van der Waals surface area contributed by atoms with E-state index in [1.165, 1.54) is 16.2 Å². The standard InChI is InChI=1S/C16H20ClN5OS/c1-2-15-19-20-16(24-15)18-14(23)11-21-6-8-22(9-7-21)13-5-3-4-12(17)10-13/h3-5,10H,2,6-9,11H2,1H3,(H,18,20,23)/p+1. The summed E-state index contributed by atoms with van der Waals surface area (Å²) in [4.78, 5) is 15.7. The zero-order valence-corrected chi connectivity index (χ0v) is 15.2. The van der Waals surface area contributed by atoms with E-state index in [4.69, 9.17) is 11.6 Å². The average Bonchev–Trinajstić information content (AvgIpc) is 3.03. The number of amides is 1. The molecule has 0 aliphatic carbocycles. The number of nitrogens with one attached hydrogen (secondary N) is 2. The van der Waals surface area contributed by atoms with E-state index in [0.717, 1.165) is 48.3 Å². The van der Waals surface area contributed by atoms with Crippen LogP contribution in [0.4, 0.5) is 10.8 Å². The average molecular weight is 367 g/mol. The number of quaternary nitrogens is 1. The molecule has 8 heteroatoms. The first kappa shape index (κ1) is 17.1. The number of carbonyl (C=O) groups is 1. The van der Waals surface area contributed by atoms with Gasteiger partial charge in [-0.25, -0.2) is 0 Å². The quantitative estimate of drug-likeness (QED) is 0.831. The summed E-state index contributed by atoms with van der Waals surface area (Å²) in [5, 5.41) is 13.1. The van der Waals surface area contributed by atoms with Gasteiger partial charge in [-0.3, -0.25) is 10.1 Å². The molecule has 2 N–H and O–H groups in total. The number of aromatic nitrogens is 2. The zero-order chi connectivity index (χ0) is 16.9. The first-order valence-electron chi connectivity index (χ1n) is 8.10. The Morgan fingerprint density at radius 2 is 2.17 bits per heavy atom. The van der Waals surface area contributed by atoms with Crippen LogP contribution in [-0.4, -0.2) is 48.8 Å². The molecule has 0 spiro atoms. The predicted molar refractivity (Wildman–Crippen MR) is 97.1 cm³/mol. The molecule has 1 aromatic carbocycles. The van der Waals surface area contributed by atoms with Crippen LogP contribution >= 0.6 is 22.9 Å². The fourth-order valence-corrected chi connectivity index (χ4v) is 3.65. The van der Waals surface area contributed by atoms with Crippen molar-refractivity contribution in [3.8, 4) is 0 Å². The van der Waals surface area contributed by atoms with Crippen molar-refractivity contribution in [3.05, 3.63) is 34.3 Å². The van der Waals surface area contributed by atoms with E-state index < -0.39 is 0 Å². The monoisotopic (exact) mass is 366 g/mol. The summed E-state index contributed by atoms with van der Waals surface area (Å²) in [6.07, 6.45) is 0.838. The highest BCUT2D eigenvalue weighted by Gasteiger charge is 2.23. The molecule has 1 aliphatic heterocycles. The first-order chi connectivity index (χ1) is 11.6. The maximum absolute atomic E-state index is 12.2. The van der Waals surface area contributed by atoms with Gasteiger partial charge in [0.1, 0.15) is 5.01 Å². The number of hydrogen-bond donors (Lipinski definition) is 2. The van der Waals surface area contributed by atoms with E-state index in [2.05, 4.69) is 26.5 Å². The molecule has 1 saturated heterocycles. The molecule has 2 aromatic rings. The number of anilines is 2. The smallest absolute Gasteiger partial charge is 0.281 e. The summed E-state index contributed by atoms with van der Waals surface area (Å²) >= 11 is 7.49. The zero-order valence-electron chi connectivity index (χ0n) is 13.6. The molecule has 0 atom stereocenters. The highest BCUT2D eigenvalue weighted by atomic mass is 35.5. The molecule has 0 unspecified atom stereocenters. The maximum atomic E-state index is 12.2. The third-order valence-corrected chi connectivity index (χ3v) is 5.29. The minimum absolute atomic E-state index is 0.00000798. The van der Waals surface area contributed by atoms with E-state index in [-0.39, 0.29) is 5.91 Å². The summed E-state index contributed by atoms with van der Waals surface area (Å²) in [7, 11) is 0. The number of nitrogens with zero attached hydrogens (tertiary/aromatic N) is 3. The fraction of sp³-hybridized carbons (Fsp3) is 0.438. The normalized spacial score (nSPS) is 15.5. The topological polar surface area (TPSA) is 62.6 Å². The highest BCUT2D eigenvalue weighted by Crippen LogP contribution is 2.19. The minimum atomic E-state index is 0.00000798. The van der Waals surface area contributed by atoms with Crippen molar-refractivity contribution in [1.29, 1.82) is 0 Å². The van der Waals surface area contributed by atoms with Gasteiger partial charge >= 0.3 is 0 Å². The molecule has 1 amide bonds. The Morgan fingerprint density at radius 1 is 1.38 bits per heavy atom. The van der Waals surface area contributed by atoms with Gasteiger partial charge in [0.25, 0.3) is 5.91 Å². The SMILES string of the molecule is CCc1nnc(NC(=O)C[NH+]2CCN(c3cccc(Cl)c3)CC2)s1. The lowest BCUT2D eigenvalue weighted by molar-refractivity contribution is -0.892. The van der Waals surface area contributed by atoms with Crippen LogP contribution in [0.3, 0.4) is 0 Å². The van der Waals surface area contributed by atoms with Crippen LogP contribution in [0.5, 0.6) is 0 Å². The molecule has 1 aliphatic rings. The van der Waals surface area contributed by atoms with Gasteiger partial charge in [0.15, 0.2) is 6.54 Å². The lowest BCUT2D eigenvalue weighted by atomic mass is 10.2. The number of aryl methyl sites for hydroxylation is 1. The van der Waals surface area contributed by atoms with Crippen molar-refractivity contribution < 1.29 is 9.69 Å². The first-order valence-corrected chi connectivity index (χ1v) is 9.30. The van der Waals surface area contributed by atoms with Crippen molar-refractivity contribution in [2.24, 2.45) is 0 Å². The molecule has 128 valence electrons. The van der Waals surface area contributed by atoms with Crippen molar-refractivity contribution >= 4 is 39.7 Å². The molecule has 24 heavy (non-hydrogen) atoms. The molecule has 1 aromatic heterocycles. The largest absolute Gasteiger partial charge is 0.360 e. The number of benzene rings is 1. The van der Waals surface area contributed by atoms with Crippen molar-refractivity contribution in [1.82, 2.24) is 10.2 Å². The van der Waals surface area contributed by atoms with Crippen LogP contribution in [0.2, 0.25) is 5.02 Å². The van der Waals surface area contributed by atoms with Gasteiger partial charge in [0.2, 0.25) is 5.13 Å². The number of piperazine rings is 1. The summed E-state index contributed by atoms with van der Waals surface area (Å²) in [6, 6.07) is 7.91. The minimum Gasteiger partial charge on any atom is -0.360 e. The van der Waals surface area contributed by atoms with E-state index in [9.17, 15) is 4.79 Å². The van der Waals surface area contributed by atoms with Gasteiger partial charge in [-0.15, -0.1) is 10.2 Å². The summed E-state index contributed by atoms with van der Waals surface area (Å²) in [5.41, 5.74) is 1.15. The van der Waals surface area contributed by atoms with Gasteiger partial charge in [-0.1, -0.05) is 35.9 Å². The van der Waals surface area contributed by atoms with E-state index in [0.29, 0.717) is 11.7 Å². The molecule has 1 fully saturated rings. The Hall–Kier alpha value is -1.70.